The second kappa shape index (κ2) is 11.2. The van der Waals surface area contributed by atoms with Gasteiger partial charge in [0, 0.05) is 6.92 Å². The standard InChI is InChI=1S/C3H4O3.2C3H6O/c1-2(4)3(5)6;2*1-3(2)4/h1H3,(H,5,6);2*4H,1H2,2H3/p-2. The number of carbonyl (C=O) groups is 2. The van der Waals surface area contributed by atoms with E-state index in [2.05, 4.69) is 13.2 Å². The summed E-state index contributed by atoms with van der Waals surface area (Å²) >= 11 is 0. The van der Waals surface area contributed by atoms with Crippen LogP contribution < -0.4 is 10.2 Å². The van der Waals surface area contributed by atoms with E-state index in [0.717, 1.165) is 6.92 Å². The number of Topliss-reactive ketones (excluding diaryl/α,β-unsaturated/α-hetero) is 1. The topological polar surface area (TPSA) is 100 Å². The van der Waals surface area contributed by atoms with Crippen molar-refractivity contribution in [2.24, 2.45) is 0 Å². The maximum Gasteiger partial charge on any atom is 0.371 e. The van der Waals surface area contributed by atoms with Crippen LogP contribution in [0.2, 0.25) is 0 Å². The van der Waals surface area contributed by atoms with Gasteiger partial charge in [-0.1, -0.05) is 13.8 Å². The Hall–Kier alpha value is -1.78. The Labute approximate surface area is 83.0 Å². The molecule has 5 heteroatoms. The third-order valence-corrected chi connectivity index (χ3v) is 0.301. The Bertz CT molecular complexity index is 185. The van der Waals surface area contributed by atoms with E-state index in [0.29, 0.717) is 0 Å². The molecule has 0 radical (unpaired) electrons. The van der Waals surface area contributed by atoms with Gasteiger partial charge in [0.25, 0.3) is 0 Å². The number of carboxylic acid groups (broad SMARTS) is 1. The average molecular weight is 202 g/mol. The minimum Gasteiger partial charge on any atom is -0.876 e. The summed E-state index contributed by atoms with van der Waals surface area (Å²) in [6.45, 7) is 9.84. The van der Waals surface area contributed by atoms with Gasteiger partial charge >= 0.3 is 5.97 Å². The number of hydrogen-bond acceptors (Lipinski definition) is 4. The second-order valence-corrected chi connectivity index (χ2v) is 2.27. The van der Waals surface area contributed by atoms with Crippen molar-refractivity contribution in [1.82, 2.24) is 0 Å². The summed E-state index contributed by atoms with van der Waals surface area (Å²) < 4.78 is 0. The second-order valence-electron chi connectivity index (χ2n) is 2.27. The van der Waals surface area contributed by atoms with Gasteiger partial charge < -0.3 is 15.3 Å². The molecule has 0 rings (SSSR count). The summed E-state index contributed by atoms with van der Waals surface area (Å²) in [7, 11) is 0. The molecule has 0 spiro atoms. The quantitative estimate of drug-likeness (QED) is 0.453. The van der Waals surface area contributed by atoms with Crippen LogP contribution in [0.15, 0.2) is 24.7 Å². The first-order chi connectivity index (χ1) is 6.11. The Morgan fingerprint density at radius 3 is 1.07 bits per heavy atom. The lowest BCUT2D eigenvalue weighted by Crippen LogP contribution is -2.05. The molecule has 0 atom stereocenters. The van der Waals surface area contributed by atoms with Crippen LogP contribution in [0.25, 0.3) is 0 Å². The van der Waals surface area contributed by atoms with Crippen LogP contribution in [0.3, 0.4) is 0 Å². The molecule has 82 valence electrons. The van der Waals surface area contributed by atoms with Gasteiger partial charge in [-0.2, -0.15) is 0 Å². The van der Waals surface area contributed by atoms with E-state index in [1.165, 1.54) is 13.8 Å². The number of hydrogen-bond donors (Lipinski definition) is 1. The average Bonchev–Trinajstić information content (AvgIpc) is 1.83. The monoisotopic (exact) mass is 202 g/mol. The lowest BCUT2D eigenvalue weighted by Gasteiger charge is -1.92. The van der Waals surface area contributed by atoms with Crippen LogP contribution in [-0.2, 0) is 9.59 Å². The Morgan fingerprint density at radius 2 is 1.07 bits per heavy atom. The maximum atomic E-state index is 9.54. The summed E-state index contributed by atoms with van der Waals surface area (Å²) in [4.78, 5) is 18.9. The molecule has 0 aromatic heterocycles. The molecule has 0 bridgehead atoms. The van der Waals surface area contributed by atoms with Crippen LogP contribution in [0, 0.1) is 0 Å². The van der Waals surface area contributed by atoms with E-state index < -0.39 is 11.8 Å². The molecule has 0 heterocycles. The third-order valence-electron chi connectivity index (χ3n) is 0.301. The minimum absolute atomic E-state index is 0.0833. The van der Waals surface area contributed by atoms with E-state index in [4.69, 9.17) is 5.11 Å². The van der Waals surface area contributed by atoms with Crippen LogP contribution in [0.4, 0.5) is 0 Å². The highest BCUT2D eigenvalue weighted by molar-refractivity contribution is 6.31. The third kappa shape index (κ3) is 176. The molecular formula is C9H14O5-2. The summed E-state index contributed by atoms with van der Waals surface area (Å²) in [5, 5.41) is 26.3. The van der Waals surface area contributed by atoms with Gasteiger partial charge in [-0.3, -0.25) is 4.79 Å². The largest absolute Gasteiger partial charge is 0.876 e. The first kappa shape index (κ1) is 18.1. The molecule has 0 aromatic rings. The predicted octanol–water partition coefficient (Wildman–Crippen LogP) is -0.579. The fraction of sp³-hybridized carbons (Fsp3) is 0.333. The normalized spacial score (nSPS) is 6.79. The highest BCUT2D eigenvalue weighted by atomic mass is 16.4. The molecule has 0 aliphatic heterocycles. The zero-order valence-electron chi connectivity index (χ0n) is 8.49. The zero-order valence-corrected chi connectivity index (χ0v) is 8.49. The SMILES string of the molecule is C=C(C)[O-].C=C(C)[O-].CC(=O)C(=O)O. The van der Waals surface area contributed by atoms with Crippen LogP contribution in [0.1, 0.15) is 20.8 Å². The molecule has 5 nitrogen and oxygen atoms in total. The van der Waals surface area contributed by atoms with Gasteiger partial charge in [0.15, 0.2) is 0 Å². The van der Waals surface area contributed by atoms with Crippen molar-refractivity contribution in [2.45, 2.75) is 20.8 Å². The van der Waals surface area contributed by atoms with Crippen molar-refractivity contribution in [1.29, 1.82) is 0 Å². The van der Waals surface area contributed by atoms with Crippen LogP contribution in [-0.4, -0.2) is 16.9 Å². The Morgan fingerprint density at radius 1 is 1.00 bits per heavy atom. The molecule has 0 aliphatic rings. The maximum absolute atomic E-state index is 9.54. The molecule has 0 fully saturated rings. The van der Waals surface area contributed by atoms with E-state index in [1.54, 1.807) is 0 Å². The lowest BCUT2D eigenvalue weighted by molar-refractivity contribution is -0.301. The van der Waals surface area contributed by atoms with Crippen molar-refractivity contribution in [3.05, 3.63) is 24.7 Å². The molecule has 0 aromatic carbocycles. The fourth-order valence-electron chi connectivity index (χ4n) is 0. The van der Waals surface area contributed by atoms with Crippen molar-refractivity contribution < 1.29 is 24.9 Å². The van der Waals surface area contributed by atoms with Crippen LogP contribution >= 0.6 is 0 Å². The Kier molecular flexibility index (Phi) is 14.5. The van der Waals surface area contributed by atoms with E-state index in [-0.39, 0.29) is 11.5 Å². The number of ketones is 1. The first-order valence-corrected chi connectivity index (χ1v) is 3.50. The minimum atomic E-state index is -1.38. The molecule has 0 saturated carbocycles. The van der Waals surface area contributed by atoms with Gasteiger partial charge in [0.1, 0.15) is 0 Å². The number of aliphatic carboxylic acids is 1. The number of carboxylic acids is 1. The lowest BCUT2D eigenvalue weighted by atomic mass is 10.5. The molecule has 1 N–H and O–H groups in total. The molecule has 0 unspecified atom stereocenters. The van der Waals surface area contributed by atoms with E-state index in [1.807, 2.05) is 0 Å². The molecule has 14 heavy (non-hydrogen) atoms. The molecule has 0 aliphatic carbocycles. The number of rotatable bonds is 1. The highest BCUT2D eigenvalue weighted by Crippen LogP contribution is 1.61. The van der Waals surface area contributed by atoms with E-state index in [9.17, 15) is 19.8 Å². The fourth-order valence-corrected chi connectivity index (χ4v) is 0. The molecule has 0 amide bonds. The Balaban J connectivity index is -0.000000135. The van der Waals surface area contributed by atoms with Gasteiger partial charge in [0.05, 0.1) is 0 Å². The van der Waals surface area contributed by atoms with Crippen molar-refractivity contribution in [3.63, 3.8) is 0 Å². The zero-order chi connectivity index (χ0) is 12.3. The predicted molar refractivity (Wildman–Crippen MR) is 47.9 cm³/mol. The van der Waals surface area contributed by atoms with E-state index >= 15 is 0 Å². The summed E-state index contributed by atoms with van der Waals surface area (Å²) in [5.74, 6) is -2.37. The summed E-state index contributed by atoms with van der Waals surface area (Å²) in [6.07, 6.45) is 0. The van der Waals surface area contributed by atoms with Gasteiger partial charge in [-0.15, -0.1) is 24.7 Å². The van der Waals surface area contributed by atoms with Gasteiger partial charge in [0.2, 0.25) is 5.78 Å². The first-order valence-electron chi connectivity index (χ1n) is 3.50. The smallest absolute Gasteiger partial charge is 0.371 e. The summed E-state index contributed by atoms with van der Waals surface area (Å²) in [6, 6.07) is 0. The molecule has 0 saturated heterocycles. The van der Waals surface area contributed by atoms with Crippen molar-refractivity contribution in [3.8, 4) is 0 Å². The van der Waals surface area contributed by atoms with Crippen LogP contribution in [0.5, 0.6) is 0 Å². The molecular weight excluding hydrogens is 188 g/mol. The van der Waals surface area contributed by atoms with Gasteiger partial charge in [-0.05, 0) is 0 Å². The highest BCUT2D eigenvalue weighted by Gasteiger charge is 1.98. The van der Waals surface area contributed by atoms with Gasteiger partial charge in [-0.25, -0.2) is 4.79 Å². The summed E-state index contributed by atoms with van der Waals surface area (Å²) in [5.41, 5.74) is 0. The van der Waals surface area contributed by atoms with Crippen molar-refractivity contribution in [2.75, 3.05) is 0 Å². The van der Waals surface area contributed by atoms with Crippen molar-refractivity contribution >= 4 is 11.8 Å². The number of allylic oxidation sites excluding steroid dienone is 2. The number of carbonyl (C=O) groups excluding carboxylic acids is 1.